The van der Waals surface area contributed by atoms with E-state index < -0.39 is 10.0 Å². The van der Waals surface area contributed by atoms with Crippen molar-refractivity contribution in [2.45, 2.75) is 52.5 Å². The lowest BCUT2D eigenvalue weighted by Gasteiger charge is -2.13. The second-order valence-electron chi connectivity index (χ2n) is 6.88. The van der Waals surface area contributed by atoms with Crippen molar-refractivity contribution < 1.29 is 8.42 Å². The van der Waals surface area contributed by atoms with Gasteiger partial charge in [-0.3, -0.25) is 4.99 Å². The van der Waals surface area contributed by atoms with E-state index in [2.05, 4.69) is 34.2 Å². The van der Waals surface area contributed by atoms with Gasteiger partial charge in [0.05, 0.1) is 5.75 Å². The number of hydrogen-bond donors (Lipinski definition) is 3. The summed E-state index contributed by atoms with van der Waals surface area (Å²) in [7, 11) is -1.54. The Morgan fingerprint density at radius 2 is 1.62 bits per heavy atom. The maximum absolute atomic E-state index is 11.9. The van der Waals surface area contributed by atoms with E-state index in [-0.39, 0.29) is 35.8 Å². The number of hydrogen-bond acceptors (Lipinski definition) is 3. The molecule has 0 aliphatic carbocycles. The highest BCUT2D eigenvalue weighted by Crippen LogP contribution is 2.08. The van der Waals surface area contributed by atoms with Crippen LogP contribution >= 0.6 is 24.0 Å². The SMILES string of the molecule is CN=C(NCCC(C)C)NCc1ccc(CS(=O)(=O)NC(C)C)cc1.I. The van der Waals surface area contributed by atoms with Gasteiger partial charge >= 0.3 is 0 Å². The number of benzene rings is 1. The van der Waals surface area contributed by atoms with E-state index >= 15 is 0 Å². The molecule has 8 heteroatoms. The standard InChI is InChI=1S/C18H32N4O2S.HI/c1-14(2)10-11-20-18(19-5)21-12-16-6-8-17(9-7-16)13-25(23,24)22-15(3)4;/h6-9,14-15,22H,10-13H2,1-5H3,(H2,19,20,21);1H. The van der Waals surface area contributed by atoms with E-state index in [1.165, 1.54) is 0 Å². The van der Waals surface area contributed by atoms with Crippen molar-refractivity contribution in [1.29, 1.82) is 0 Å². The van der Waals surface area contributed by atoms with Gasteiger partial charge in [0.2, 0.25) is 10.0 Å². The minimum atomic E-state index is -3.29. The molecule has 0 atom stereocenters. The van der Waals surface area contributed by atoms with E-state index in [4.69, 9.17) is 0 Å². The van der Waals surface area contributed by atoms with Gasteiger partial charge in [0.25, 0.3) is 0 Å². The number of rotatable bonds is 9. The maximum Gasteiger partial charge on any atom is 0.216 e. The number of nitrogens with one attached hydrogen (secondary N) is 3. The Morgan fingerprint density at radius 1 is 1.04 bits per heavy atom. The average Bonchev–Trinajstić information content (AvgIpc) is 2.50. The normalized spacial score (nSPS) is 12.2. The van der Waals surface area contributed by atoms with E-state index in [0.717, 1.165) is 30.1 Å². The van der Waals surface area contributed by atoms with Gasteiger partial charge < -0.3 is 10.6 Å². The fourth-order valence-electron chi connectivity index (χ4n) is 2.26. The van der Waals surface area contributed by atoms with Crippen LogP contribution in [0.25, 0.3) is 0 Å². The summed E-state index contributed by atoms with van der Waals surface area (Å²) in [5, 5.41) is 6.54. The summed E-state index contributed by atoms with van der Waals surface area (Å²) < 4.78 is 26.5. The topological polar surface area (TPSA) is 82.6 Å². The van der Waals surface area contributed by atoms with Crippen molar-refractivity contribution in [3.05, 3.63) is 35.4 Å². The van der Waals surface area contributed by atoms with Crippen LogP contribution in [0, 0.1) is 5.92 Å². The Hall–Kier alpha value is -0.870. The van der Waals surface area contributed by atoms with Gasteiger partial charge in [-0.25, -0.2) is 13.1 Å². The Balaban J connectivity index is 0.00000625. The van der Waals surface area contributed by atoms with Gasteiger partial charge in [-0.15, -0.1) is 24.0 Å². The largest absolute Gasteiger partial charge is 0.356 e. The van der Waals surface area contributed by atoms with Gasteiger partial charge in [-0.2, -0.15) is 0 Å². The molecular formula is C18H33IN4O2S. The van der Waals surface area contributed by atoms with E-state index in [1.54, 1.807) is 7.05 Å². The monoisotopic (exact) mass is 496 g/mol. The average molecular weight is 496 g/mol. The smallest absolute Gasteiger partial charge is 0.216 e. The third kappa shape index (κ3) is 11.0. The molecule has 1 rings (SSSR count). The van der Waals surface area contributed by atoms with E-state index in [9.17, 15) is 8.42 Å². The molecule has 6 nitrogen and oxygen atoms in total. The third-order valence-corrected chi connectivity index (χ3v) is 5.04. The highest BCUT2D eigenvalue weighted by Gasteiger charge is 2.12. The first-order chi connectivity index (χ1) is 11.7. The third-order valence-electron chi connectivity index (χ3n) is 3.49. The summed E-state index contributed by atoms with van der Waals surface area (Å²) in [6, 6.07) is 7.49. The molecule has 0 fully saturated rings. The highest BCUT2D eigenvalue weighted by atomic mass is 127. The molecule has 3 N–H and O–H groups in total. The Labute approximate surface area is 175 Å². The molecular weight excluding hydrogens is 463 g/mol. The molecule has 0 aliphatic heterocycles. The Bertz CT molecular complexity index is 644. The number of aliphatic imine (C=N–C) groups is 1. The zero-order chi connectivity index (χ0) is 18.9. The fourth-order valence-corrected chi connectivity index (χ4v) is 3.69. The lowest BCUT2D eigenvalue weighted by molar-refractivity contribution is 0.569. The molecule has 0 heterocycles. The van der Waals surface area contributed by atoms with Crippen LogP contribution in [0.15, 0.2) is 29.3 Å². The fraction of sp³-hybridized carbons (Fsp3) is 0.611. The number of halogens is 1. The van der Waals surface area contributed by atoms with Crippen LogP contribution in [0.4, 0.5) is 0 Å². The molecule has 0 saturated heterocycles. The Kier molecular flexibility index (Phi) is 12.1. The lowest BCUT2D eigenvalue weighted by Crippen LogP contribution is -2.37. The first-order valence-corrected chi connectivity index (χ1v) is 10.4. The second-order valence-corrected chi connectivity index (χ2v) is 8.64. The highest BCUT2D eigenvalue weighted by molar-refractivity contribution is 14.0. The number of guanidine groups is 1. The van der Waals surface area contributed by atoms with Crippen LogP contribution in [-0.2, 0) is 22.3 Å². The van der Waals surface area contributed by atoms with E-state index in [1.807, 2.05) is 38.1 Å². The summed E-state index contributed by atoms with van der Waals surface area (Å²) in [6.07, 6.45) is 1.09. The van der Waals surface area contributed by atoms with Gasteiger partial charge in [-0.05, 0) is 37.3 Å². The minimum absolute atomic E-state index is 0. The van der Waals surface area contributed by atoms with Crippen LogP contribution in [-0.4, -0.2) is 34.0 Å². The minimum Gasteiger partial charge on any atom is -0.356 e. The zero-order valence-electron chi connectivity index (χ0n) is 16.4. The molecule has 0 saturated carbocycles. The van der Waals surface area contributed by atoms with Crippen molar-refractivity contribution in [3.8, 4) is 0 Å². The molecule has 0 amide bonds. The van der Waals surface area contributed by atoms with Crippen molar-refractivity contribution in [3.63, 3.8) is 0 Å². The van der Waals surface area contributed by atoms with Gasteiger partial charge in [0.15, 0.2) is 5.96 Å². The molecule has 0 spiro atoms. The maximum atomic E-state index is 11.9. The van der Waals surface area contributed by atoms with Crippen molar-refractivity contribution in [1.82, 2.24) is 15.4 Å². The predicted molar refractivity (Wildman–Crippen MR) is 120 cm³/mol. The quantitative estimate of drug-likeness (QED) is 0.279. The molecule has 0 unspecified atom stereocenters. The van der Waals surface area contributed by atoms with Crippen LogP contribution < -0.4 is 15.4 Å². The van der Waals surface area contributed by atoms with Crippen molar-refractivity contribution in [2.75, 3.05) is 13.6 Å². The first-order valence-electron chi connectivity index (χ1n) is 8.74. The second kappa shape index (κ2) is 12.5. The van der Waals surface area contributed by atoms with E-state index in [0.29, 0.717) is 12.5 Å². The van der Waals surface area contributed by atoms with Crippen molar-refractivity contribution >= 4 is 40.0 Å². The Morgan fingerprint density at radius 3 is 2.12 bits per heavy atom. The lowest BCUT2D eigenvalue weighted by atomic mass is 10.1. The summed E-state index contributed by atoms with van der Waals surface area (Å²) in [6.45, 7) is 9.53. The molecule has 1 aromatic carbocycles. The summed E-state index contributed by atoms with van der Waals surface area (Å²) >= 11 is 0. The zero-order valence-corrected chi connectivity index (χ0v) is 19.5. The summed E-state index contributed by atoms with van der Waals surface area (Å²) in [5.74, 6) is 1.42. The molecule has 26 heavy (non-hydrogen) atoms. The first kappa shape index (κ1) is 25.1. The van der Waals surface area contributed by atoms with Crippen LogP contribution in [0.2, 0.25) is 0 Å². The molecule has 0 bridgehead atoms. The summed E-state index contributed by atoms with van der Waals surface area (Å²) in [4.78, 5) is 4.20. The van der Waals surface area contributed by atoms with Gasteiger partial charge in [-0.1, -0.05) is 38.1 Å². The van der Waals surface area contributed by atoms with Crippen molar-refractivity contribution in [2.24, 2.45) is 10.9 Å². The van der Waals surface area contributed by atoms with Crippen LogP contribution in [0.1, 0.15) is 45.2 Å². The number of sulfonamides is 1. The number of nitrogens with zero attached hydrogens (tertiary/aromatic N) is 1. The van der Waals surface area contributed by atoms with Gasteiger partial charge in [0.1, 0.15) is 0 Å². The molecule has 0 aliphatic rings. The van der Waals surface area contributed by atoms with Gasteiger partial charge in [0, 0.05) is 26.2 Å². The molecule has 0 radical (unpaired) electrons. The van der Waals surface area contributed by atoms with Crippen LogP contribution in [0.3, 0.4) is 0 Å². The molecule has 1 aromatic rings. The predicted octanol–water partition coefficient (Wildman–Crippen LogP) is 2.84. The van der Waals surface area contributed by atoms with Crippen LogP contribution in [0.5, 0.6) is 0 Å². The molecule has 0 aromatic heterocycles. The summed E-state index contributed by atoms with van der Waals surface area (Å²) in [5.41, 5.74) is 1.85. The molecule has 150 valence electrons.